The average Bonchev–Trinajstić information content (AvgIpc) is 2.82. The van der Waals surface area contributed by atoms with Gasteiger partial charge in [-0.05, 0) is 37.1 Å². The van der Waals surface area contributed by atoms with Crippen LogP contribution in [0.25, 0.3) is 0 Å². The molecular weight excluding hydrogens is 280 g/mol. The number of carbonyl (C=O) groups excluding carboxylic acids is 2. The molecule has 1 aliphatic rings. The highest BCUT2D eigenvalue weighted by atomic mass is 16.5. The summed E-state index contributed by atoms with van der Waals surface area (Å²) < 4.78 is 5.65. The van der Waals surface area contributed by atoms with Crippen LogP contribution in [0, 0.1) is 12.8 Å². The molecule has 1 heterocycles. The second-order valence-electron chi connectivity index (χ2n) is 5.84. The molecule has 0 aliphatic carbocycles. The minimum atomic E-state index is -0.266. The van der Waals surface area contributed by atoms with Gasteiger partial charge in [-0.15, -0.1) is 0 Å². The van der Waals surface area contributed by atoms with Crippen LogP contribution in [0.15, 0.2) is 18.2 Å². The Morgan fingerprint density at radius 2 is 2.23 bits per heavy atom. The Morgan fingerprint density at radius 3 is 2.82 bits per heavy atom. The number of anilines is 1. The lowest BCUT2D eigenvalue weighted by molar-refractivity contribution is -0.127. The van der Waals surface area contributed by atoms with Gasteiger partial charge in [-0.1, -0.05) is 13.3 Å². The molecule has 5 nitrogen and oxygen atoms in total. The topological polar surface area (TPSA) is 58.6 Å². The van der Waals surface area contributed by atoms with Crippen LogP contribution in [0.4, 0.5) is 5.69 Å². The lowest BCUT2D eigenvalue weighted by Gasteiger charge is -2.14. The van der Waals surface area contributed by atoms with Gasteiger partial charge < -0.3 is 15.0 Å². The summed E-state index contributed by atoms with van der Waals surface area (Å²) in [7, 11) is 1.73. The van der Waals surface area contributed by atoms with Crippen molar-refractivity contribution in [2.75, 3.05) is 25.5 Å². The summed E-state index contributed by atoms with van der Waals surface area (Å²) in [6.45, 7) is 5.26. The number of carbonyl (C=O) groups is 2. The van der Waals surface area contributed by atoms with E-state index in [0.717, 1.165) is 29.8 Å². The SMILES string of the molecule is CCCCOc1ccc(NC(=O)C2CC(=O)N(C)C2)c(C)c1. The molecule has 22 heavy (non-hydrogen) atoms. The van der Waals surface area contributed by atoms with Gasteiger partial charge in [0.25, 0.3) is 0 Å². The summed E-state index contributed by atoms with van der Waals surface area (Å²) in [6, 6.07) is 5.65. The van der Waals surface area contributed by atoms with Crippen molar-refractivity contribution in [3.05, 3.63) is 23.8 Å². The molecule has 5 heteroatoms. The van der Waals surface area contributed by atoms with Gasteiger partial charge in [0.05, 0.1) is 12.5 Å². The number of aryl methyl sites for hydroxylation is 1. The Balaban J connectivity index is 1.95. The van der Waals surface area contributed by atoms with Gasteiger partial charge in [0.1, 0.15) is 5.75 Å². The zero-order valence-electron chi connectivity index (χ0n) is 13.5. The van der Waals surface area contributed by atoms with Gasteiger partial charge in [0.2, 0.25) is 11.8 Å². The zero-order chi connectivity index (χ0) is 16.1. The highest BCUT2D eigenvalue weighted by molar-refractivity contribution is 5.97. The number of benzene rings is 1. The van der Waals surface area contributed by atoms with Crippen LogP contribution in [0.2, 0.25) is 0 Å². The number of nitrogens with zero attached hydrogens (tertiary/aromatic N) is 1. The van der Waals surface area contributed by atoms with Crippen LogP contribution in [-0.4, -0.2) is 36.9 Å². The molecule has 1 aliphatic heterocycles. The Kier molecular flexibility index (Phi) is 5.41. The van der Waals surface area contributed by atoms with E-state index in [4.69, 9.17) is 4.74 Å². The summed E-state index contributed by atoms with van der Waals surface area (Å²) in [5.74, 6) is 0.481. The number of nitrogens with one attached hydrogen (secondary N) is 1. The largest absolute Gasteiger partial charge is 0.494 e. The van der Waals surface area contributed by atoms with Crippen molar-refractivity contribution < 1.29 is 14.3 Å². The molecule has 0 aromatic heterocycles. The van der Waals surface area contributed by atoms with Crippen LogP contribution in [0.1, 0.15) is 31.7 Å². The molecular formula is C17H24N2O3. The second-order valence-corrected chi connectivity index (χ2v) is 5.84. The maximum absolute atomic E-state index is 12.2. The molecule has 0 bridgehead atoms. The van der Waals surface area contributed by atoms with Gasteiger partial charge in [-0.25, -0.2) is 0 Å². The third-order valence-corrected chi connectivity index (χ3v) is 3.93. The van der Waals surface area contributed by atoms with Crippen LogP contribution < -0.4 is 10.1 Å². The molecule has 1 N–H and O–H groups in total. The Morgan fingerprint density at radius 1 is 1.45 bits per heavy atom. The van der Waals surface area contributed by atoms with E-state index < -0.39 is 0 Å². The third kappa shape index (κ3) is 4.00. The minimum absolute atomic E-state index is 0.0246. The number of rotatable bonds is 6. The highest BCUT2D eigenvalue weighted by Gasteiger charge is 2.32. The van der Waals surface area contributed by atoms with Crippen LogP contribution in [0.3, 0.4) is 0 Å². The first-order chi connectivity index (χ1) is 10.5. The Hall–Kier alpha value is -2.04. The van der Waals surface area contributed by atoms with Gasteiger partial charge in [0, 0.05) is 25.7 Å². The molecule has 120 valence electrons. The molecule has 0 saturated carbocycles. The molecule has 1 saturated heterocycles. The van der Waals surface area contributed by atoms with Gasteiger partial charge >= 0.3 is 0 Å². The van der Waals surface area contributed by atoms with Crippen molar-refractivity contribution in [2.45, 2.75) is 33.1 Å². The Labute approximate surface area is 131 Å². The summed E-state index contributed by atoms with van der Waals surface area (Å²) in [6.07, 6.45) is 2.42. The van der Waals surface area contributed by atoms with E-state index in [-0.39, 0.29) is 17.7 Å². The smallest absolute Gasteiger partial charge is 0.229 e. The van der Waals surface area contributed by atoms with Crippen molar-refractivity contribution in [1.82, 2.24) is 4.90 Å². The third-order valence-electron chi connectivity index (χ3n) is 3.93. The standard InChI is InChI=1S/C17H24N2O3/c1-4-5-8-22-14-6-7-15(12(2)9-14)18-17(21)13-10-16(20)19(3)11-13/h6-7,9,13H,4-5,8,10-11H2,1-3H3,(H,18,21). The van der Waals surface area contributed by atoms with Crippen LogP contribution in [-0.2, 0) is 9.59 Å². The first-order valence-corrected chi connectivity index (χ1v) is 7.79. The second kappa shape index (κ2) is 7.29. The molecule has 1 atom stereocenters. The molecule has 0 spiro atoms. The van der Waals surface area contributed by atoms with Crippen LogP contribution in [0.5, 0.6) is 5.75 Å². The maximum Gasteiger partial charge on any atom is 0.229 e. The van der Waals surface area contributed by atoms with Gasteiger partial charge in [-0.2, -0.15) is 0 Å². The van der Waals surface area contributed by atoms with E-state index in [1.54, 1.807) is 11.9 Å². The number of unbranched alkanes of at least 4 members (excludes halogenated alkanes) is 1. The van der Waals surface area contributed by atoms with E-state index >= 15 is 0 Å². The van der Waals surface area contributed by atoms with Crippen molar-refractivity contribution in [2.24, 2.45) is 5.92 Å². The predicted octanol–water partition coefficient (Wildman–Crippen LogP) is 2.59. The number of amides is 2. The molecule has 1 aromatic carbocycles. The van der Waals surface area contributed by atoms with E-state index in [1.165, 1.54) is 0 Å². The fourth-order valence-corrected chi connectivity index (χ4v) is 2.47. The normalized spacial score (nSPS) is 17.7. The van der Waals surface area contributed by atoms with E-state index in [2.05, 4.69) is 12.2 Å². The fourth-order valence-electron chi connectivity index (χ4n) is 2.47. The number of likely N-dealkylation sites (tertiary alicyclic amines) is 1. The Bertz CT molecular complexity index is 557. The van der Waals surface area contributed by atoms with Crippen molar-refractivity contribution >= 4 is 17.5 Å². The number of hydrogen-bond donors (Lipinski definition) is 1. The maximum atomic E-state index is 12.2. The van der Waals surface area contributed by atoms with Crippen molar-refractivity contribution in [3.8, 4) is 5.75 Å². The summed E-state index contributed by atoms with van der Waals surface area (Å²) in [5.41, 5.74) is 1.73. The lowest BCUT2D eigenvalue weighted by Crippen LogP contribution is -2.26. The summed E-state index contributed by atoms with van der Waals surface area (Å²) in [4.78, 5) is 25.3. The zero-order valence-corrected chi connectivity index (χ0v) is 13.5. The summed E-state index contributed by atoms with van der Waals surface area (Å²) >= 11 is 0. The first-order valence-electron chi connectivity index (χ1n) is 7.79. The fraction of sp³-hybridized carbons (Fsp3) is 0.529. The summed E-state index contributed by atoms with van der Waals surface area (Å²) in [5, 5.41) is 2.91. The van der Waals surface area contributed by atoms with Crippen molar-refractivity contribution in [1.29, 1.82) is 0 Å². The van der Waals surface area contributed by atoms with Crippen LogP contribution >= 0.6 is 0 Å². The first kappa shape index (κ1) is 16.3. The van der Waals surface area contributed by atoms with Gasteiger partial charge in [-0.3, -0.25) is 9.59 Å². The molecule has 1 fully saturated rings. The van der Waals surface area contributed by atoms with E-state index in [0.29, 0.717) is 19.6 Å². The average molecular weight is 304 g/mol. The number of ether oxygens (including phenoxy) is 1. The van der Waals surface area contributed by atoms with E-state index in [9.17, 15) is 9.59 Å². The highest BCUT2D eigenvalue weighted by Crippen LogP contribution is 2.24. The van der Waals surface area contributed by atoms with Gasteiger partial charge in [0.15, 0.2) is 0 Å². The molecule has 0 radical (unpaired) electrons. The molecule has 1 aromatic rings. The van der Waals surface area contributed by atoms with E-state index in [1.807, 2.05) is 25.1 Å². The quantitative estimate of drug-likeness (QED) is 0.822. The molecule has 2 amide bonds. The molecule has 1 unspecified atom stereocenters. The lowest BCUT2D eigenvalue weighted by atomic mass is 10.1. The predicted molar refractivity (Wildman–Crippen MR) is 86.0 cm³/mol. The molecule has 2 rings (SSSR count). The number of hydrogen-bond acceptors (Lipinski definition) is 3. The minimum Gasteiger partial charge on any atom is -0.494 e. The monoisotopic (exact) mass is 304 g/mol. The van der Waals surface area contributed by atoms with Crippen molar-refractivity contribution in [3.63, 3.8) is 0 Å².